The second-order valence-corrected chi connectivity index (χ2v) is 5.70. The van der Waals surface area contributed by atoms with Crippen LogP contribution in [0.15, 0.2) is 30.3 Å². The number of amides is 1. The third-order valence-electron chi connectivity index (χ3n) is 3.71. The van der Waals surface area contributed by atoms with E-state index < -0.39 is 24.2 Å². The van der Waals surface area contributed by atoms with Crippen molar-refractivity contribution in [2.45, 2.75) is 24.7 Å². The molecular formula is C14H12ClF3N4O. The summed E-state index contributed by atoms with van der Waals surface area (Å²) in [4.78, 5) is 11.2. The van der Waals surface area contributed by atoms with Crippen molar-refractivity contribution in [3.63, 3.8) is 0 Å². The Labute approximate surface area is 134 Å². The molecule has 3 N–H and O–H groups in total. The monoisotopic (exact) mass is 344 g/mol. The Hall–Kier alpha value is -2.22. The van der Waals surface area contributed by atoms with E-state index >= 15 is 0 Å². The Morgan fingerprint density at radius 1 is 1.35 bits per heavy atom. The number of fused-ring (bicyclic) bond motifs is 1. The molecule has 0 bridgehead atoms. The Morgan fingerprint density at radius 3 is 2.57 bits per heavy atom. The third-order valence-corrected chi connectivity index (χ3v) is 3.97. The highest BCUT2D eigenvalue weighted by Gasteiger charge is 2.46. The van der Waals surface area contributed by atoms with Crippen molar-refractivity contribution < 1.29 is 18.0 Å². The largest absolute Gasteiger partial charge is 0.410 e. The molecule has 2 heterocycles. The Kier molecular flexibility index (Phi) is 3.71. The standard InChI is InChI=1S/C14H12ClF3N4O/c15-8-3-1-7(2-4-8)9-5-11(14(16,17)18)22-12(20-9)6-10(21-22)13(19)23/h1-4,6,9,11,20H,5H2,(H2,19,23)/t9-,11-/m0/s1. The highest BCUT2D eigenvalue weighted by Crippen LogP contribution is 2.43. The van der Waals surface area contributed by atoms with Crippen molar-refractivity contribution >= 4 is 23.3 Å². The predicted molar refractivity (Wildman–Crippen MR) is 78.3 cm³/mol. The summed E-state index contributed by atoms with van der Waals surface area (Å²) in [5.74, 6) is -0.773. The summed E-state index contributed by atoms with van der Waals surface area (Å²) in [6.45, 7) is 0. The summed E-state index contributed by atoms with van der Waals surface area (Å²) < 4.78 is 40.8. The summed E-state index contributed by atoms with van der Waals surface area (Å²) in [5.41, 5.74) is 5.56. The molecule has 0 saturated carbocycles. The molecule has 1 amide bonds. The normalized spacial score (nSPS) is 20.7. The lowest BCUT2D eigenvalue weighted by Crippen LogP contribution is -2.35. The van der Waals surface area contributed by atoms with Gasteiger partial charge in [-0.25, -0.2) is 4.68 Å². The molecule has 3 rings (SSSR count). The fourth-order valence-electron chi connectivity index (χ4n) is 2.61. The van der Waals surface area contributed by atoms with E-state index in [4.69, 9.17) is 17.3 Å². The molecule has 1 aliphatic heterocycles. The van der Waals surface area contributed by atoms with Gasteiger partial charge in [0.15, 0.2) is 11.7 Å². The number of halogens is 4. The van der Waals surface area contributed by atoms with Crippen LogP contribution in [0.2, 0.25) is 5.02 Å². The van der Waals surface area contributed by atoms with Gasteiger partial charge in [-0.1, -0.05) is 23.7 Å². The number of primary amides is 1. The van der Waals surface area contributed by atoms with Gasteiger partial charge in [-0.3, -0.25) is 4.79 Å². The molecular weight excluding hydrogens is 333 g/mol. The van der Waals surface area contributed by atoms with E-state index in [1.807, 2.05) is 0 Å². The second-order valence-electron chi connectivity index (χ2n) is 5.27. The number of alkyl halides is 3. The van der Waals surface area contributed by atoms with Crippen LogP contribution >= 0.6 is 11.6 Å². The molecule has 122 valence electrons. The van der Waals surface area contributed by atoms with Gasteiger partial charge in [-0.2, -0.15) is 18.3 Å². The van der Waals surface area contributed by atoms with Crippen molar-refractivity contribution in [2.75, 3.05) is 5.32 Å². The first-order valence-electron chi connectivity index (χ1n) is 6.74. The Morgan fingerprint density at radius 2 is 2.00 bits per heavy atom. The second kappa shape index (κ2) is 5.45. The molecule has 2 aromatic rings. The van der Waals surface area contributed by atoms with E-state index in [1.54, 1.807) is 24.3 Å². The minimum absolute atomic E-state index is 0.104. The first-order valence-corrected chi connectivity index (χ1v) is 7.11. The summed E-state index contributed by atoms with van der Waals surface area (Å²) >= 11 is 5.81. The summed E-state index contributed by atoms with van der Waals surface area (Å²) in [6.07, 6.45) is -4.75. The highest BCUT2D eigenvalue weighted by atomic mass is 35.5. The van der Waals surface area contributed by atoms with Crippen LogP contribution in [-0.2, 0) is 0 Å². The maximum Gasteiger partial charge on any atom is 0.410 e. The van der Waals surface area contributed by atoms with Crippen molar-refractivity contribution in [3.8, 4) is 0 Å². The van der Waals surface area contributed by atoms with Crippen LogP contribution in [0.4, 0.5) is 19.0 Å². The molecule has 0 fully saturated rings. The lowest BCUT2D eigenvalue weighted by molar-refractivity contribution is -0.173. The zero-order chi connectivity index (χ0) is 16.8. The number of nitrogens with one attached hydrogen (secondary N) is 1. The van der Waals surface area contributed by atoms with Gasteiger partial charge in [0.05, 0.1) is 6.04 Å². The molecule has 1 aromatic heterocycles. The zero-order valence-corrected chi connectivity index (χ0v) is 12.4. The van der Waals surface area contributed by atoms with E-state index in [0.29, 0.717) is 10.6 Å². The van der Waals surface area contributed by atoms with Crippen LogP contribution in [0, 0.1) is 0 Å². The predicted octanol–water partition coefficient (Wildman–Crippen LogP) is 3.30. The maximum absolute atomic E-state index is 13.4. The number of aromatic nitrogens is 2. The van der Waals surface area contributed by atoms with Crippen LogP contribution in [-0.4, -0.2) is 21.9 Å². The summed E-state index contributed by atoms with van der Waals surface area (Å²) in [6, 6.07) is 5.35. The molecule has 0 spiro atoms. The van der Waals surface area contributed by atoms with Gasteiger partial charge >= 0.3 is 6.18 Å². The van der Waals surface area contributed by atoms with Gasteiger partial charge in [0.1, 0.15) is 5.82 Å². The van der Waals surface area contributed by atoms with Crippen LogP contribution in [0.1, 0.15) is 34.6 Å². The quantitative estimate of drug-likeness (QED) is 0.878. The van der Waals surface area contributed by atoms with Crippen molar-refractivity contribution in [3.05, 3.63) is 46.6 Å². The van der Waals surface area contributed by atoms with Gasteiger partial charge in [-0.15, -0.1) is 0 Å². The van der Waals surface area contributed by atoms with Crippen LogP contribution in [0.25, 0.3) is 0 Å². The molecule has 9 heteroatoms. The number of carbonyl (C=O) groups is 1. The molecule has 1 aliphatic rings. The Balaban J connectivity index is 2.01. The number of anilines is 1. The van der Waals surface area contributed by atoms with Gasteiger partial charge in [0.2, 0.25) is 0 Å². The van der Waals surface area contributed by atoms with Gasteiger partial charge in [0.25, 0.3) is 5.91 Å². The lowest BCUT2D eigenvalue weighted by atomic mass is 9.97. The molecule has 0 unspecified atom stereocenters. The lowest BCUT2D eigenvalue weighted by Gasteiger charge is -2.33. The third kappa shape index (κ3) is 2.98. The molecule has 5 nitrogen and oxygen atoms in total. The number of hydrogen-bond donors (Lipinski definition) is 2. The van der Waals surface area contributed by atoms with Crippen LogP contribution in [0.5, 0.6) is 0 Å². The molecule has 2 atom stereocenters. The van der Waals surface area contributed by atoms with E-state index in [1.165, 1.54) is 6.07 Å². The fourth-order valence-corrected chi connectivity index (χ4v) is 2.73. The van der Waals surface area contributed by atoms with E-state index in [2.05, 4.69) is 10.4 Å². The number of rotatable bonds is 2. The van der Waals surface area contributed by atoms with Gasteiger partial charge in [-0.05, 0) is 17.7 Å². The summed E-state index contributed by atoms with van der Waals surface area (Å²) in [7, 11) is 0. The fraction of sp³-hybridized carbons (Fsp3) is 0.286. The van der Waals surface area contributed by atoms with Crippen molar-refractivity contribution in [1.82, 2.24) is 9.78 Å². The number of nitrogens with two attached hydrogens (primary N) is 1. The Bertz CT molecular complexity index is 741. The minimum atomic E-state index is -4.50. The molecule has 0 aliphatic carbocycles. The van der Waals surface area contributed by atoms with E-state index in [9.17, 15) is 18.0 Å². The minimum Gasteiger partial charge on any atom is -0.364 e. The van der Waals surface area contributed by atoms with Crippen LogP contribution in [0.3, 0.4) is 0 Å². The molecule has 1 aromatic carbocycles. The summed E-state index contributed by atoms with van der Waals surface area (Å²) in [5, 5.41) is 7.14. The molecule has 23 heavy (non-hydrogen) atoms. The number of benzene rings is 1. The smallest absolute Gasteiger partial charge is 0.364 e. The average Bonchev–Trinajstić information content (AvgIpc) is 2.90. The van der Waals surface area contributed by atoms with E-state index in [0.717, 1.165) is 4.68 Å². The van der Waals surface area contributed by atoms with Gasteiger partial charge in [0, 0.05) is 17.5 Å². The van der Waals surface area contributed by atoms with Crippen molar-refractivity contribution in [2.24, 2.45) is 5.73 Å². The number of hydrogen-bond acceptors (Lipinski definition) is 3. The molecule has 0 saturated heterocycles. The van der Waals surface area contributed by atoms with Gasteiger partial charge < -0.3 is 11.1 Å². The number of nitrogens with zero attached hydrogens (tertiary/aromatic N) is 2. The average molecular weight is 345 g/mol. The van der Waals surface area contributed by atoms with E-state index in [-0.39, 0.29) is 17.9 Å². The number of carbonyl (C=O) groups excluding carboxylic acids is 1. The highest BCUT2D eigenvalue weighted by molar-refractivity contribution is 6.30. The van der Waals surface area contributed by atoms with Crippen LogP contribution < -0.4 is 11.1 Å². The van der Waals surface area contributed by atoms with Crippen molar-refractivity contribution in [1.29, 1.82) is 0 Å². The first kappa shape index (κ1) is 15.7. The SMILES string of the molecule is NC(=O)c1cc2n(n1)[C@H](C(F)(F)F)C[C@@H](c1ccc(Cl)cc1)N2. The first-order chi connectivity index (χ1) is 10.8. The molecule has 0 radical (unpaired) electrons. The zero-order valence-electron chi connectivity index (χ0n) is 11.6. The maximum atomic E-state index is 13.4. The topological polar surface area (TPSA) is 72.9 Å².